The molecule has 0 radical (unpaired) electrons. The maximum absolute atomic E-state index is 14.5. The Balaban J connectivity index is 1.75. The summed E-state index contributed by atoms with van der Waals surface area (Å²) in [6.45, 7) is 3.78. The van der Waals surface area contributed by atoms with Gasteiger partial charge in [-0.15, -0.1) is 5.92 Å². The first-order valence-corrected chi connectivity index (χ1v) is 10.0. The second-order valence-corrected chi connectivity index (χ2v) is 7.81. The summed E-state index contributed by atoms with van der Waals surface area (Å²) in [5.41, 5.74) is 6.45. The van der Waals surface area contributed by atoms with Gasteiger partial charge in [-0.1, -0.05) is 23.7 Å². The fraction of sp³-hybridized carbons (Fsp3) is 0.333. The van der Waals surface area contributed by atoms with Crippen molar-refractivity contribution in [1.29, 1.82) is 0 Å². The monoisotopic (exact) mass is 412 g/mol. The lowest BCUT2D eigenvalue weighted by atomic mass is 9.87. The highest BCUT2D eigenvalue weighted by Gasteiger charge is 2.32. The molecule has 1 aliphatic rings. The average molecular weight is 412 g/mol. The van der Waals surface area contributed by atoms with Crippen molar-refractivity contribution in [2.45, 2.75) is 32.2 Å². The van der Waals surface area contributed by atoms with Crippen LogP contribution < -0.4 is 10.5 Å². The minimum Gasteiger partial charge on any atom is -0.463 e. The van der Waals surface area contributed by atoms with Crippen LogP contribution in [0.3, 0.4) is 0 Å². The number of aliphatic imine (C=N–C) groups is 1. The van der Waals surface area contributed by atoms with Crippen LogP contribution in [0.2, 0.25) is 0 Å². The second kappa shape index (κ2) is 9.05. The van der Waals surface area contributed by atoms with E-state index >= 15 is 0 Å². The zero-order chi connectivity index (χ0) is 20.9. The molecule has 0 fully saturated rings. The maximum Gasteiger partial charge on any atom is 0.233 e. The van der Waals surface area contributed by atoms with Crippen LogP contribution in [-0.4, -0.2) is 33.3 Å². The number of hydrogen-bond donors (Lipinski definition) is 1. The molecule has 1 atom stereocenters. The van der Waals surface area contributed by atoms with E-state index in [0.717, 1.165) is 5.75 Å². The molecule has 6 nitrogen and oxygen atoms in total. The SMILES string of the molecule is CC#CCOc1cnc(C(=O)Cc2ccc(F)c([C@]3(C)CCSC(N)=N3)c2)cn1. The lowest BCUT2D eigenvalue weighted by Gasteiger charge is -2.30. The van der Waals surface area contributed by atoms with E-state index in [0.29, 0.717) is 28.6 Å². The third-order valence-electron chi connectivity index (χ3n) is 4.55. The molecule has 2 aromatic rings. The van der Waals surface area contributed by atoms with Gasteiger partial charge in [-0.2, -0.15) is 0 Å². The molecule has 0 spiro atoms. The van der Waals surface area contributed by atoms with Crippen LogP contribution in [0.25, 0.3) is 0 Å². The molecule has 1 aliphatic heterocycles. The molecular formula is C21H21FN4O2S. The van der Waals surface area contributed by atoms with Crippen molar-refractivity contribution in [3.8, 4) is 17.7 Å². The van der Waals surface area contributed by atoms with Crippen molar-refractivity contribution >= 4 is 22.7 Å². The minimum absolute atomic E-state index is 0.0769. The largest absolute Gasteiger partial charge is 0.463 e. The van der Waals surface area contributed by atoms with Gasteiger partial charge in [0.25, 0.3) is 0 Å². The second-order valence-electron chi connectivity index (χ2n) is 6.69. The van der Waals surface area contributed by atoms with Gasteiger partial charge in [0, 0.05) is 17.7 Å². The van der Waals surface area contributed by atoms with Gasteiger partial charge in [0.15, 0.2) is 17.6 Å². The van der Waals surface area contributed by atoms with E-state index in [1.165, 1.54) is 30.2 Å². The van der Waals surface area contributed by atoms with Crippen molar-refractivity contribution in [2.24, 2.45) is 10.7 Å². The molecule has 0 amide bonds. The topological polar surface area (TPSA) is 90.5 Å². The van der Waals surface area contributed by atoms with Crippen LogP contribution in [0.15, 0.2) is 35.6 Å². The normalized spacial score (nSPS) is 18.4. The van der Waals surface area contributed by atoms with Crippen molar-refractivity contribution in [3.63, 3.8) is 0 Å². The average Bonchev–Trinajstić information content (AvgIpc) is 2.70. The highest BCUT2D eigenvalue weighted by atomic mass is 32.2. The first-order chi connectivity index (χ1) is 13.9. The van der Waals surface area contributed by atoms with E-state index in [-0.39, 0.29) is 30.3 Å². The maximum atomic E-state index is 14.5. The molecule has 1 aromatic carbocycles. The van der Waals surface area contributed by atoms with Gasteiger partial charge in [0.2, 0.25) is 5.88 Å². The number of carbonyl (C=O) groups is 1. The van der Waals surface area contributed by atoms with E-state index in [9.17, 15) is 9.18 Å². The standard InChI is InChI=1S/C21H21FN4O2S/c1-3-4-8-28-19-13-24-17(12-25-19)18(27)11-14-5-6-16(22)15(10-14)21(2)7-9-29-20(23)26-21/h5-6,10,12-13H,7-9,11H2,1-2H3,(H2,23,26)/t21-/m0/s1. The number of nitrogens with two attached hydrogens (primary N) is 1. The summed E-state index contributed by atoms with van der Waals surface area (Å²) >= 11 is 1.46. The molecule has 0 bridgehead atoms. The number of Topliss-reactive ketones (excluding diaryl/α,β-unsaturated/α-hetero) is 1. The molecule has 1 aromatic heterocycles. The zero-order valence-corrected chi connectivity index (χ0v) is 17.1. The summed E-state index contributed by atoms with van der Waals surface area (Å²) in [6, 6.07) is 4.65. The molecule has 3 rings (SSSR count). The Labute approximate surface area is 173 Å². The molecule has 150 valence electrons. The molecule has 8 heteroatoms. The van der Waals surface area contributed by atoms with Crippen LogP contribution >= 0.6 is 11.8 Å². The van der Waals surface area contributed by atoms with Crippen molar-refractivity contribution in [3.05, 3.63) is 53.2 Å². The number of benzene rings is 1. The van der Waals surface area contributed by atoms with Crippen LogP contribution in [0, 0.1) is 17.7 Å². The fourth-order valence-electron chi connectivity index (χ4n) is 2.97. The Morgan fingerprint density at radius 2 is 2.21 bits per heavy atom. The van der Waals surface area contributed by atoms with Gasteiger partial charge in [0.05, 0.1) is 17.9 Å². The molecule has 2 N–H and O–H groups in total. The number of halogens is 1. The smallest absolute Gasteiger partial charge is 0.233 e. The summed E-state index contributed by atoms with van der Waals surface area (Å²) in [5, 5.41) is 0.446. The number of hydrogen-bond acceptors (Lipinski definition) is 7. The molecule has 0 saturated heterocycles. The lowest BCUT2D eigenvalue weighted by Crippen LogP contribution is -2.29. The van der Waals surface area contributed by atoms with Crippen molar-refractivity contribution < 1.29 is 13.9 Å². The van der Waals surface area contributed by atoms with Crippen LogP contribution in [-0.2, 0) is 12.0 Å². The number of rotatable bonds is 6. The van der Waals surface area contributed by atoms with E-state index in [1.807, 2.05) is 6.92 Å². The van der Waals surface area contributed by atoms with E-state index in [4.69, 9.17) is 10.5 Å². The van der Waals surface area contributed by atoms with Gasteiger partial charge >= 0.3 is 0 Å². The predicted octanol–water partition coefficient (Wildman–Crippen LogP) is 3.11. The Morgan fingerprint density at radius 3 is 2.90 bits per heavy atom. The highest BCUT2D eigenvalue weighted by molar-refractivity contribution is 8.13. The molecule has 0 saturated carbocycles. The molecule has 29 heavy (non-hydrogen) atoms. The summed E-state index contributed by atoms with van der Waals surface area (Å²) in [5.74, 6) is 5.95. The Morgan fingerprint density at radius 1 is 1.38 bits per heavy atom. The summed E-state index contributed by atoms with van der Waals surface area (Å²) in [6.07, 6.45) is 3.50. The van der Waals surface area contributed by atoms with Gasteiger partial charge in [-0.25, -0.2) is 14.4 Å². The van der Waals surface area contributed by atoms with E-state index in [2.05, 4.69) is 26.8 Å². The van der Waals surface area contributed by atoms with E-state index < -0.39 is 5.54 Å². The van der Waals surface area contributed by atoms with Gasteiger partial charge in [0.1, 0.15) is 11.5 Å². The third-order valence-corrected chi connectivity index (χ3v) is 5.35. The molecule has 0 aliphatic carbocycles. The number of thioether (sulfide) groups is 1. The molecular weight excluding hydrogens is 391 g/mol. The number of ketones is 1. The Hall–Kier alpha value is -2.92. The van der Waals surface area contributed by atoms with Gasteiger partial charge in [-0.3, -0.25) is 9.79 Å². The first kappa shape index (κ1) is 20.8. The van der Waals surface area contributed by atoms with E-state index in [1.54, 1.807) is 19.1 Å². The number of aromatic nitrogens is 2. The van der Waals surface area contributed by atoms with Gasteiger partial charge in [-0.05, 0) is 38.0 Å². The molecule has 0 unspecified atom stereocenters. The van der Waals surface area contributed by atoms with Crippen LogP contribution in [0.1, 0.15) is 41.9 Å². The van der Waals surface area contributed by atoms with Gasteiger partial charge < -0.3 is 10.5 Å². The zero-order valence-electron chi connectivity index (χ0n) is 16.2. The van der Waals surface area contributed by atoms with Crippen LogP contribution in [0.5, 0.6) is 5.88 Å². The fourth-order valence-corrected chi connectivity index (χ4v) is 3.94. The number of carbonyl (C=O) groups excluding carboxylic acids is 1. The number of amidine groups is 1. The Bertz CT molecular complexity index is 998. The Kier molecular flexibility index (Phi) is 6.49. The summed E-state index contributed by atoms with van der Waals surface area (Å²) < 4.78 is 19.8. The van der Waals surface area contributed by atoms with Crippen molar-refractivity contribution in [2.75, 3.05) is 12.4 Å². The minimum atomic E-state index is -0.737. The highest BCUT2D eigenvalue weighted by Crippen LogP contribution is 2.36. The summed E-state index contributed by atoms with van der Waals surface area (Å²) in [4.78, 5) is 25.2. The molecule has 2 heterocycles. The predicted molar refractivity (Wildman–Crippen MR) is 111 cm³/mol. The third kappa shape index (κ3) is 5.12. The first-order valence-electron chi connectivity index (χ1n) is 9.06. The summed E-state index contributed by atoms with van der Waals surface area (Å²) in [7, 11) is 0. The lowest BCUT2D eigenvalue weighted by molar-refractivity contribution is 0.0987. The number of nitrogens with zero attached hydrogens (tertiary/aromatic N) is 3. The number of ether oxygens (including phenoxy) is 1. The quantitative estimate of drug-likeness (QED) is 0.579. The van der Waals surface area contributed by atoms with Crippen LogP contribution in [0.4, 0.5) is 4.39 Å². The van der Waals surface area contributed by atoms with Crippen molar-refractivity contribution in [1.82, 2.24) is 9.97 Å².